The fraction of sp³-hybridized carbons (Fsp3) is 0.0625. The Balaban J connectivity index is 1.66. The van der Waals surface area contributed by atoms with Gasteiger partial charge in [-0.3, -0.25) is 4.79 Å². The van der Waals surface area contributed by atoms with E-state index in [-0.39, 0.29) is 23.7 Å². The Labute approximate surface area is 139 Å². The zero-order valence-electron chi connectivity index (χ0n) is 12.6. The van der Waals surface area contributed by atoms with Crippen LogP contribution in [0.15, 0.2) is 47.3 Å². The van der Waals surface area contributed by atoms with Gasteiger partial charge in [-0.15, -0.1) is 0 Å². The van der Waals surface area contributed by atoms with Gasteiger partial charge in [-0.25, -0.2) is 23.1 Å². The van der Waals surface area contributed by atoms with E-state index >= 15 is 0 Å². The third-order valence-corrected chi connectivity index (χ3v) is 3.20. The van der Waals surface area contributed by atoms with Gasteiger partial charge >= 0.3 is 0 Å². The minimum Gasteiger partial charge on any atom is -0.467 e. The van der Waals surface area contributed by atoms with Crippen LogP contribution in [0.5, 0.6) is 0 Å². The molecule has 0 aliphatic carbocycles. The van der Waals surface area contributed by atoms with Gasteiger partial charge < -0.3 is 15.1 Å². The Morgan fingerprint density at radius 1 is 1.08 bits per heavy atom. The molecule has 1 amide bonds. The van der Waals surface area contributed by atoms with Gasteiger partial charge in [-0.1, -0.05) is 0 Å². The lowest BCUT2D eigenvalue weighted by Gasteiger charge is -2.07. The topological polar surface area (TPSA) is 80.0 Å². The molecular formula is C16H11F3N4O2. The van der Waals surface area contributed by atoms with Crippen molar-refractivity contribution in [3.8, 4) is 0 Å². The maximum atomic E-state index is 13.6. The zero-order chi connectivity index (χ0) is 17.8. The Morgan fingerprint density at radius 3 is 2.52 bits per heavy atom. The highest BCUT2D eigenvalue weighted by molar-refractivity contribution is 5.93. The Hall–Kier alpha value is -3.36. The number of nitrogens with one attached hydrogen (secondary N) is 2. The molecule has 25 heavy (non-hydrogen) atoms. The number of rotatable bonds is 5. The molecule has 9 heteroatoms. The fourth-order valence-corrected chi connectivity index (χ4v) is 1.94. The molecular weight excluding hydrogens is 337 g/mol. The van der Waals surface area contributed by atoms with Crippen molar-refractivity contribution in [2.75, 3.05) is 5.32 Å². The number of hydrogen-bond acceptors (Lipinski definition) is 5. The van der Waals surface area contributed by atoms with Crippen LogP contribution in [0.25, 0.3) is 0 Å². The molecule has 0 aliphatic heterocycles. The van der Waals surface area contributed by atoms with Crippen LogP contribution in [0.3, 0.4) is 0 Å². The van der Waals surface area contributed by atoms with Gasteiger partial charge in [-0.05, 0) is 24.3 Å². The van der Waals surface area contributed by atoms with E-state index in [0.717, 1.165) is 12.1 Å². The molecule has 3 rings (SSSR count). The average Bonchev–Trinajstić information content (AvgIpc) is 3.14. The molecule has 3 aromatic rings. The maximum Gasteiger partial charge on any atom is 0.254 e. The molecule has 0 aliphatic rings. The van der Waals surface area contributed by atoms with Gasteiger partial charge in [0.05, 0.1) is 24.1 Å². The number of benzene rings is 1. The summed E-state index contributed by atoms with van der Waals surface area (Å²) in [4.78, 5) is 19.6. The highest BCUT2D eigenvalue weighted by Gasteiger charge is 2.14. The SMILES string of the molecule is O=C(NCc1ccco1)c1cnc(Nc2ccc(F)c(F)c2F)nc1. The van der Waals surface area contributed by atoms with Crippen LogP contribution in [0.1, 0.15) is 16.1 Å². The molecule has 0 spiro atoms. The second-order valence-corrected chi connectivity index (χ2v) is 4.91. The van der Waals surface area contributed by atoms with Crippen molar-refractivity contribution in [2.24, 2.45) is 0 Å². The van der Waals surface area contributed by atoms with Crippen molar-refractivity contribution in [3.05, 3.63) is 71.7 Å². The number of nitrogens with zero attached hydrogens (tertiary/aromatic N) is 2. The predicted molar refractivity (Wildman–Crippen MR) is 81.5 cm³/mol. The standard InChI is InChI=1S/C16H11F3N4O2/c17-11-3-4-12(14(19)13(11)18)23-16-21-6-9(7-22-16)15(24)20-8-10-2-1-5-25-10/h1-7H,8H2,(H,20,24)(H,21,22,23). The van der Waals surface area contributed by atoms with Gasteiger partial charge in [0.15, 0.2) is 17.5 Å². The number of carbonyl (C=O) groups excluding carboxylic acids is 1. The van der Waals surface area contributed by atoms with Crippen molar-refractivity contribution in [3.63, 3.8) is 0 Å². The van der Waals surface area contributed by atoms with Gasteiger partial charge in [0.25, 0.3) is 5.91 Å². The molecule has 2 heterocycles. The van der Waals surface area contributed by atoms with E-state index in [1.165, 1.54) is 18.7 Å². The van der Waals surface area contributed by atoms with Gasteiger partial charge in [0.2, 0.25) is 5.95 Å². The summed E-state index contributed by atoms with van der Waals surface area (Å²) in [7, 11) is 0. The minimum atomic E-state index is -1.60. The first kappa shape index (κ1) is 16.5. The lowest BCUT2D eigenvalue weighted by molar-refractivity contribution is 0.0947. The molecule has 0 saturated carbocycles. The van der Waals surface area contributed by atoms with E-state index < -0.39 is 23.4 Å². The molecule has 128 valence electrons. The molecule has 1 aromatic carbocycles. The van der Waals surface area contributed by atoms with Crippen LogP contribution in [0.2, 0.25) is 0 Å². The van der Waals surface area contributed by atoms with Crippen LogP contribution in [-0.2, 0) is 6.54 Å². The monoisotopic (exact) mass is 348 g/mol. The largest absolute Gasteiger partial charge is 0.467 e. The van der Waals surface area contributed by atoms with E-state index in [1.54, 1.807) is 12.1 Å². The van der Waals surface area contributed by atoms with Crippen molar-refractivity contribution in [1.82, 2.24) is 15.3 Å². The second kappa shape index (κ2) is 7.04. The van der Waals surface area contributed by atoms with Gasteiger partial charge in [0, 0.05) is 12.4 Å². The van der Waals surface area contributed by atoms with E-state index in [9.17, 15) is 18.0 Å². The molecule has 0 radical (unpaired) electrons. The van der Waals surface area contributed by atoms with E-state index in [0.29, 0.717) is 5.76 Å². The molecule has 0 saturated heterocycles. The van der Waals surface area contributed by atoms with Crippen LogP contribution in [0, 0.1) is 17.5 Å². The molecule has 0 fully saturated rings. The first-order valence-electron chi connectivity index (χ1n) is 7.07. The first-order valence-corrected chi connectivity index (χ1v) is 7.07. The zero-order valence-corrected chi connectivity index (χ0v) is 12.6. The van der Waals surface area contributed by atoms with Crippen molar-refractivity contribution < 1.29 is 22.4 Å². The summed E-state index contributed by atoms with van der Waals surface area (Å²) >= 11 is 0. The molecule has 2 aromatic heterocycles. The third kappa shape index (κ3) is 3.77. The number of furan rings is 1. The van der Waals surface area contributed by atoms with Gasteiger partial charge in [-0.2, -0.15) is 0 Å². The molecule has 0 unspecified atom stereocenters. The lowest BCUT2D eigenvalue weighted by Crippen LogP contribution is -2.23. The number of carbonyl (C=O) groups is 1. The summed E-state index contributed by atoms with van der Waals surface area (Å²) in [6, 6.07) is 5.20. The number of amides is 1. The summed E-state index contributed by atoms with van der Waals surface area (Å²) < 4.78 is 44.7. The highest BCUT2D eigenvalue weighted by atomic mass is 19.2. The number of aromatic nitrogens is 2. The highest BCUT2D eigenvalue weighted by Crippen LogP contribution is 2.21. The van der Waals surface area contributed by atoms with Crippen molar-refractivity contribution in [1.29, 1.82) is 0 Å². The summed E-state index contributed by atoms with van der Waals surface area (Å²) in [5.41, 5.74) is -0.156. The summed E-state index contributed by atoms with van der Waals surface area (Å²) in [5, 5.41) is 5.02. The minimum absolute atomic E-state index is 0.0764. The van der Waals surface area contributed by atoms with E-state index in [4.69, 9.17) is 4.42 Å². The molecule has 6 nitrogen and oxygen atoms in total. The maximum absolute atomic E-state index is 13.6. The first-order chi connectivity index (χ1) is 12.0. The normalized spacial score (nSPS) is 10.5. The Bertz CT molecular complexity index is 883. The number of hydrogen-bond donors (Lipinski definition) is 2. The second-order valence-electron chi connectivity index (χ2n) is 4.91. The average molecular weight is 348 g/mol. The Kier molecular flexibility index (Phi) is 4.64. The van der Waals surface area contributed by atoms with Gasteiger partial charge in [0.1, 0.15) is 5.76 Å². The smallest absolute Gasteiger partial charge is 0.254 e. The lowest BCUT2D eigenvalue weighted by atomic mass is 10.3. The fourth-order valence-electron chi connectivity index (χ4n) is 1.94. The molecule has 0 atom stereocenters. The van der Waals surface area contributed by atoms with E-state index in [1.807, 2.05) is 0 Å². The quantitative estimate of drug-likeness (QED) is 0.693. The Morgan fingerprint density at radius 2 is 1.84 bits per heavy atom. The third-order valence-electron chi connectivity index (χ3n) is 3.20. The summed E-state index contributed by atoms with van der Waals surface area (Å²) in [6.07, 6.45) is 3.91. The summed E-state index contributed by atoms with van der Waals surface area (Å²) in [6.45, 7) is 0.200. The van der Waals surface area contributed by atoms with Crippen LogP contribution >= 0.6 is 0 Å². The van der Waals surface area contributed by atoms with Crippen LogP contribution < -0.4 is 10.6 Å². The van der Waals surface area contributed by atoms with E-state index in [2.05, 4.69) is 20.6 Å². The molecule has 0 bridgehead atoms. The van der Waals surface area contributed by atoms with Crippen molar-refractivity contribution in [2.45, 2.75) is 6.54 Å². The predicted octanol–water partition coefficient (Wildman–Crippen LogP) is 3.16. The van der Waals surface area contributed by atoms with Crippen LogP contribution in [-0.4, -0.2) is 15.9 Å². The van der Waals surface area contributed by atoms with Crippen LogP contribution in [0.4, 0.5) is 24.8 Å². The van der Waals surface area contributed by atoms with Crippen molar-refractivity contribution >= 4 is 17.5 Å². The number of anilines is 2. The molecule has 2 N–H and O–H groups in total. The number of halogens is 3. The summed E-state index contributed by atoms with van der Waals surface area (Å²) in [5.74, 6) is -4.20.